The van der Waals surface area contributed by atoms with Crippen LogP contribution in [0.3, 0.4) is 0 Å². The van der Waals surface area contributed by atoms with Crippen LogP contribution in [0.1, 0.15) is 24.8 Å². The van der Waals surface area contributed by atoms with Crippen LogP contribution in [0.2, 0.25) is 0 Å². The van der Waals surface area contributed by atoms with Gasteiger partial charge in [-0.15, -0.1) is 0 Å². The maximum atomic E-state index is 12.1. The number of carbonyl (C=O) groups is 2. The van der Waals surface area contributed by atoms with Crippen LogP contribution in [0, 0.1) is 0 Å². The summed E-state index contributed by atoms with van der Waals surface area (Å²) in [7, 11) is 4.42. The fourth-order valence-corrected chi connectivity index (χ4v) is 2.66. The van der Waals surface area contributed by atoms with E-state index in [-0.39, 0.29) is 12.3 Å². The van der Waals surface area contributed by atoms with Gasteiger partial charge < -0.3 is 19.5 Å². The number of amides is 1. The molecule has 1 aliphatic rings. The second kappa shape index (κ2) is 6.51. The van der Waals surface area contributed by atoms with Gasteiger partial charge in [-0.3, -0.25) is 4.79 Å². The highest BCUT2D eigenvalue weighted by atomic mass is 16.5. The van der Waals surface area contributed by atoms with Gasteiger partial charge in [0, 0.05) is 23.6 Å². The Hall–Kier alpha value is -2.50. The standard InChI is InChI=1S/C16H19NO5/c1-9-15(16(19)22-4)12(8-14(18)17-9)11-7-10(20-2)5-6-13(11)21-3/h5-7,12H,8H2,1-4H3,(H,17,18). The van der Waals surface area contributed by atoms with Crippen LogP contribution in [-0.2, 0) is 14.3 Å². The Morgan fingerprint density at radius 2 is 1.95 bits per heavy atom. The molecule has 1 aromatic carbocycles. The van der Waals surface area contributed by atoms with Crippen LogP contribution >= 0.6 is 0 Å². The molecule has 6 nitrogen and oxygen atoms in total. The number of rotatable bonds is 4. The number of esters is 1. The fourth-order valence-electron chi connectivity index (χ4n) is 2.66. The zero-order valence-corrected chi connectivity index (χ0v) is 13.1. The van der Waals surface area contributed by atoms with Gasteiger partial charge in [-0.05, 0) is 25.1 Å². The lowest BCUT2D eigenvalue weighted by Gasteiger charge is -2.27. The van der Waals surface area contributed by atoms with Crippen molar-refractivity contribution in [3.63, 3.8) is 0 Å². The van der Waals surface area contributed by atoms with Crippen LogP contribution in [0.4, 0.5) is 0 Å². The Morgan fingerprint density at radius 3 is 2.55 bits per heavy atom. The number of methoxy groups -OCH3 is 3. The van der Waals surface area contributed by atoms with E-state index in [1.165, 1.54) is 7.11 Å². The SMILES string of the molecule is COC(=O)C1=C(C)NC(=O)CC1c1cc(OC)ccc1OC. The van der Waals surface area contributed by atoms with Crippen molar-refractivity contribution in [1.29, 1.82) is 0 Å². The number of hydrogen-bond acceptors (Lipinski definition) is 5. The van der Waals surface area contributed by atoms with E-state index in [0.29, 0.717) is 22.8 Å². The molecule has 1 aromatic rings. The van der Waals surface area contributed by atoms with Gasteiger partial charge in [-0.25, -0.2) is 4.79 Å². The van der Waals surface area contributed by atoms with Gasteiger partial charge in [0.05, 0.1) is 26.9 Å². The van der Waals surface area contributed by atoms with Gasteiger partial charge >= 0.3 is 5.97 Å². The molecule has 1 amide bonds. The molecular weight excluding hydrogens is 286 g/mol. The molecule has 22 heavy (non-hydrogen) atoms. The predicted octanol–water partition coefficient (Wildman–Crippen LogP) is 1.75. The van der Waals surface area contributed by atoms with Gasteiger partial charge in [0.2, 0.25) is 5.91 Å². The summed E-state index contributed by atoms with van der Waals surface area (Å²) in [5.41, 5.74) is 1.64. The summed E-state index contributed by atoms with van der Waals surface area (Å²) in [6, 6.07) is 5.29. The van der Waals surface area contributed by atoms with Crippen molar-refractivity contribution in [1.82, 2.24) is 5.32 Å². The monoisotopic (exact) mass is 305 g/mol. The summed E-state index contributed by atoms with van der Waals surface area (Å²) in [4.78, 5) is 24.0. The van der Waals surface area contributed by atoms with Crippen LogP contribution < -0.4 is 14.8 Å². The lowest BCUT2D eigenvalue weighted by atomic mass is 9.84. The highest BCUT2D eigenvalue weighted by Gasteiger charge is 2.34. The Bertz CT molecular complexity index is 635. The fraction of sp³-hybridized carbons (Fsp3) is 0.375. The van der Waals surface area contributed by atoms with E-state index in [1.807, 2.05) is 0 Å². The lowest BCUT2D eigenvalue weighted by molar-refractivity contribution is -0.136. The summed E-state index contributed by atoms with van der Waals surface area (Å²) in [5.74, 6) is 0.164. The van der Waals surface area contributed by atoms with Crippen LogP contribution in [-0.4, -0.2) is 33.2 Å². The van der Waals surface area contributed by atoms with Crippen LogP contribution in [0.25, 0.3) is 0 Å². The average molecular weight is 305 g/mol. The van der Waals surface area contributed by atoms with E-state index in [1.54, 1.807) is 39.3 Å². The molecule has 0 bridgehead atoms. The summed E-state index contributed by atoms with van der Waals surface area (Å²) < 4.78 is 15.5. The molecule has 2 rings (SSSR count). The van der Waals surface area contributed by atoms with E-state index in [0.717, 1.165) is 5.56 Å². The zero-order valence-electron chi connectivity index (χ0n) is 13.1. The molecule has 1 N–H and O–H groups in total. The number of allylic oxidation sites excluding steroid dienone is 1. The molecule has 0 aromatic heterocycles. The smallest absolute Gasteiger partial charge is 0.336 e. The second-order valence-electron chi connectivity index (χ2n) is 4.94. The molecule has 0 saturated carbocycles. The second-order valence-corrected chi connectivity index (χ2v) is 4.94. The average Bonchev–Trinajstić information content (AvgIpc) is 2.52. The molecule has 1 unspecified atom stereocenters. The molecule has 0 radical (unpaired) electrons. The Labute approximate surface area is 129 Å². The van der Waals surface area contributed by atoms with E-state index in [2.05, 4.69) is 5.32 Å². The molecule has 0 aliphatic carbocycles. The summed E-state index contributed by atoms with van der Waals surface area (Å²) in [5, 5.41) is 2.68. The summed E-state index contributed by atoms with van der Waals surface area (Å²) >= 11 is 0. The molecule has 0 spiro atoms. The van der Waals surface area contributed by atoms with Crippen molar-refractivity contribution >= 4 is 11.9 Å². The number of ether oxygens (including phenoxy) is 3. The molecule has 0 fully saturated rings. The van der Waals surface area contributed by atoms with Crippen molar-refractivity contribution in [2.24, 2.45) is 0 Å². The highest BCUT2D eigenvalue weighted by Crippen LogP contribution is 2.39. The minimum Gasteiger partial charge on any atom is -0.497 e. The van der Waals surface area contributed by atoms with E-state index in [9.17, 15) is 9.59 Å². The predicted molar refractivity (Wildman–Crippen MR) is 79.8 cm³/mol. The minimum atomic E-state index is -0.465. The molecule has 1 heterocycles. The number of hydrogen-bond donors (Lipinski definition) is 1. The highest BCUT2D eigenvalue weighted by molar-refractivity contribution is 5.96. The topological polar surface area (TPSA) is 73.9 Å². The molecule has 1 aliphatic heterocycles. The number of nitrogens with one attached hydrogen (secondary N) is 1. The summed E-state index contributed by atoms with van der Waals surface area (Å²) in [6.07, 6.45) is 0.144. The van der Waals surface area contributed by atoms with Gasteiger partial charge in [0.15, 0.2) is 0 Å². The van der Waals surface area contributed by atoms with Crippen molar-refractivity contribution in [2.75, 3.05) is 21.3 Å². The van der Waals surface area contributed by atoms with Crippen molar-refractivity contribution < 1.29 is 23.8 Å². The maximum Gasteiger partial charge on any atom is 0.336 e. The van der Waals surface area contributed by atoms with Crippen molar-refractivity contribution in [3.8, 4) is 11.5 Å². The van der Waals surface area contributed by atoms with Crippen molar-refractivity contribution in [2.45, 2.75) is 19.3 Å². The third kappa shape index (κ3) is 2.90. The molecule has 0 saturated heterocycles. The third-order valence-corrected chi connectivity index (χ3v) is 3.69. The van der Waals surface area contributed by atoms with Crippen LogP contribution in [0.15, 0.2) is 29.5 Å². The van der Waals surface area contributed by atoms with E-state index < -0.39 is 11.9 Å². The van der Waals surface area contributed by atoms with Gasteiger partial charge in [0.1, 0.15) is 11.5 Å². The number of benzene rings is 1. The third-order valence-electron chi connectivity index (χ3n) is 3.69. The quantitative estimate of drug-likeness (QED) is 0.858. The minimum absolute atomic E-state index is 0.144. The zero-order chi connectivity index (χ0) is 16.3. The lowest BCUT2D eigenvalue weighted by Crippen LogP contribution is -2.34. The Kier molecular flexibility index (Phi) is 4.70. The molecule has 6 heteroatoms. The van der Waals surface area contributed by atoms with Gasteiger partial charge in [-0.2, -0.15) is 0 Å². The molecular formula is C16H19NO5. The maximum absolute atomic E-state index is 12.1. The van der Waals surface area contributed by atoms with Gasteiger partial charge in [0.25, 0.3) is 0 Å². The first kappa shape index (κ1) is 15.9. The number of carbonyl (C=O) groups excluding carboxylic acids is 2. The Balaban J connectivity index is 2.59. The normalized spacial score (nSPS) is 17.8. The first-order chi connectivity index (χ1) is 10.5. The Morgan fingerprint density at radius 1 is 1.23 bits per heavy atom. The van der Waals surface area contributed by atoms with Crippen LogP contribution in [0.5, 0.6) is 11.5 Å². The van der Waals surface area contributed by atoms with Crippen molar-refractivity contribution in [3.05, 3.63) is 35.0 Å². The van der Waals surface area contributed by atoms with E-state index >= 15 is 0 Å². The molecule has 118 valence electrons. The van der Waals surface area contributed by atoms with E-state index in [4.69, 9.17) is 14.2 Å². The first-order valence-corrected chi connectivity index (χ1v) is 6.82. The summed E-state index contributed by atoms with van der Waals surface area (Å²) in [6.45, 7) is 1.68. The first-order valence-electron chi connectivity index (χ1n) is 6.82. The molecule has 1 atom stereocenters. The van der Waals surface area contributed by atoms with Gasteiger partial charge in [-0.1, -0.05) is 0 Å². The largest absolute Gasteiger partial charge is 0.497 e.